The molecule has 1 aliphatic heterocycles. The van der Waals surface area contributed by atoms with Crippen molar-refractivity contribution in [2.45, 2.75) is 31.7 Å². The average Bonchev–Trinajstić information content (AvgIpc) is 3.32. The van der Waals surface area contributed by atoms with E-state index in [0.717, 1.165) is 11.3 Å². The molecule has 36 heavy (non-hydrogen) atoms. The minimum Gasteiger partial charge on any atom is -0.382 e. The predicted octanol–water partition coefficient (Wildman–Crippen LogP) is 4.85. The van der Waals surface area contributed by atoms with Crippen LogP contribution in [0.15, 0.2) is 47.8 Å². The van der Waals surface area contributed by atoms with Gasteiger partial charge in [0.05, 0.1) is 25.5 Å². The van der Waals surface area contributed by atoms with E-state index in [-0.39, 0.29) is 36.1 Å². The predicted molar refractivity (Wildman–Crippen MR) is 129 cm³/mol. The van der Waals surface area contributed by atoms with Crippen LogP contribution in [-0.4, -0.2) is 43.2 Å². The first kappa shape index (κ1) is 25.8. The SMILES string of the molecule is COC[C@@H](NC(=O)c1ccc2c(c1)[C@](C)(F)COC2)C(=O)Nc1nc(-c2cccc(C(F)F)c2)cs1. The van der Waals surface area contributed by atoms with Gasteiger partial charge in [0, 0.05) is 29.2 Å². The molecule has 2 atom stereocenters. The third kappa shape index (κ3) is 5.75. The van der Waals surface area contributed by atoms with Crippen LogP contribution < -0.4 is 10.6 Å². The monoisotopic (exact) mass is 519 g/mol. The number of methoxy groups -OCH3 is 1. The first-order valence-corrected chi connectivity index (χ1v) is 11.9. The normalized spacial score (nSPS) is 17.9. The number of ether oxygens (including phenoxy) is 2. The molecule has 2 N–H and O–H groups in total. The number of halogens is 3. The molecule has 0 saturated carbocycles. The van der Waals surface area contributed by atoms with Gasteiger partial charge in [0.15, 0.2) is 10.8 Å². The summed E-state index contributed by atoms with van der Waals surface area (Å²) in [5.41, 5.74) is 0.292. The second-order valence-electron chi connectivity index (χ2n) is 8.50. The highest BCUT2D eigenvalue weighted by molar-refractivity contribution is 7.14. The van der Waals surface area contributed by atoms with Gasteiger partial charge in [-0.2, -0.15) is 0 Å². The van der Waals surface area contributed by atoms with Crippen LogP contribution in [0.25, 0.3) is 11.3 Å². The summed E-state index contributed by atoms with van der Waals surface area (Å²) in [5, 5.41) is 7.10. The molecule has 4 rings (SSSR count). The maximum Gasteiger partial charge on any atom is 0.263 e. The van der Waals surface area contributed by atoms with Gasteiger partial charge in [-0.3, -0.25) is 9.59 Å². The smallest absolute Gasteiger partial charge is 0.263 e. The van der Waals surface area contributed by atoms with Gasteiger partial charge in [-0.25, -0.2) is 18.2 Å². The summed E-state index contributed by atoms with van der Waals surface area (Å²) in [6, 6.07) is 9.40. The van der Waals surface area contributed by atoms with Gasteiger partial charge >= 0.3 is 0 Å². The molecule has 0 unspecified atom stereocenters. The van der Waals surface area contributed by atoms with Crippen LogP contribution in [0, 0.1) is 0 Å². The third-order valence-corrected chi connectivity index (χ3v) is 6.45. The topological polar surface area (TPSA) is 89.5 Å². The van der Waals surface area contributed by atoms with Gasteiger partial charge in [-0.05, 0) is 36.2 Å². The lowest BCUT2D eigenvalue weighted by Gasteiger charge is -2.29. The van der Waals surface area contributed by atoms with E-state index in [1.54, 1.807) is 23.6 Å². The van der Waals surface area contributed by atoms with Crippen LogP contribution in [0.3, 0.4) is 0 Å². The Morgan fingerprint density at radius 2 is 2.06 bits per heavy atom. The number of alkyl halides is 3. The highest BCUT2D eigenvalue weighted by Crippen LogP contribution is 2.34. The summed E-state index contributed by atoms with van der Waals surface area (Å²) < 4.78 is 51.2. The first-order chi connectivity index (χ1) is 17.2. The Kier molecular flexibility index (Phi) is 7.72. The Balaban J connectivity index is 1.46. The summed E-state index contributed by atoms with van der Waals surface area (Å²) in [6.45, 7) is 1.42. The van der Waals surface area contributed by atoms with Crippen LogP contribution in [0.5, 0.6) is 0 Å². The number of nitrogens with zero attached hydrogens (tertiary/aromatic N) is 1. The van der Waals surface area contributed by atoms with Crippen molar-refractivity contribution in [1.82, 2.24) is 10.3 Å². The van der Waals surface area contributed by atoms with Crippen LogP contribution >= 0.6 is 11.3 Å². The van der Waals surface area contributed by atoms with E-state index in [1.807, 2.05) is 0 Å². The number of benzene rings is 2. The number of amides is 2. The second-order valence-corrected chi connectivity index (χ2v) is 9.35. The zero-order valence-electron chi connectivity index (χ0n) is 19.5. The van der Waals surface area contributed by atoms with E-state index in [2.05, 4.69) is 15.6 Å². The van der Waals surface area contributed by atoms with Gasteiger partial charge in [-0.15, -0.1) is 11.3 Å². The molecule has 2 heterocycles. The number of nitrogens with one attached hydrogen (secondary N) is 2. The standard InChI is InChI=1S/C25H24F3N3O4S/c1-25(28)13-35-10-17-7-6-16(9-18(17)25)22(32)29-19(11-34-2)23(33)31-24-30-20(12-36-24)14-4-3-5-15(8-14)21(26)27/h3-9,12,19,21H,10-11,13H2,1-2H3,(H,29,32)(H,30,31,33)/t19-,25-/m1/s1. The molecule has 0 spiro atoms. The molecule has 7 nitrogen and oxygen atoms in total. The van der Waals surface area contributed by atoms with Crippen molar-refractivity contribution in [1.29, 1.82) is 0 Å². The maximum absolute atomic E-state index is 14.9. The van der Waals surface area contributed by atoms with Crippen molar-refractivity contribution in [3.05, 3.63) is 70.1 Å². The van der Waals surface area contributed by atoms with Crippen molar-refractivity contribution in [2.24, 2.45) is 0 Å². The zero-order chi connectivity index (χ0) is 25.9. The van der Waals surface area contributed by atoms with Crippen molar-refractivity contribution in [3.8, 4) is 11.3 Å². The Morgan fingerprint density at radius 1 is 1.25 bits per heavy atom. The van der Waals surface area contributed by atoms with Crippen LogP contribution in [0.2, 0.25) is 0 Å². The zero-order valence-corrected chi connectivity index (χ0v) is 20.3. The summed E-state index contributed by atoms with van der Waals surface area (Å²) in [7, 11) is 1.39. The molecule has 190 valence electrons. The maximum atomic E-state index is 14.9. The van der Waals surface area contributed by atoms with Crippen LogP contribution in [-0.2, 0) is 26.5 Å². The Morgan fingerprint density at radius 3 is 2.81 bits per heavy atom. The van der Waals surface area contributed by atoms with Gasteiger partial charge in [0.1, 0.15) is 6.04 Å². The van der Waals surface area contributed by atoms with E-state index >= 15 is 0 Å². The largest absolute Gasteiger partial charge is 0.382 e. The minimum absolute atomic E-state index is 0.109. The summed E-state index contributed by atoms with van der Waals surface area (Å²) in [4.78, 5) is 30.1. The van der Waals surface area contributed by atoms with Gasteiger partial charge < -0.3 is 20.1 Å². The molecule has 1 aromatic heterocycles. The van der Waals surface area contributed by atoms with Gasteiger partial charge in [0.2, 0.25) is 0 Å². The molecule has 11 heteroatoms. The molecule has 0 aliphatic carbocycles. The Hall–Kier alpha value is -3.28. The molecular formula is C25H24F3N3O4S. The van der Waals surface area contributed by atoms with E-state index in [0.29, 0.717) is 22.4 Å². The summed E-state index contributed by atoms with van der Waals surface area (Å²) >= 11 is 1.12. The quantitative estimate of drug-likeness (QED) is 0.444. The van der Waals surface area contributed by atoms with Crippen LogP contribution in [0.4, 0.5) is 18.3 Å². The number of carbonyl (C=O) groups is 2. The second kappa shape index (κ2) is 10.8. The molecule has 2 amide bonds. The molecule has 0 bridgehead atoms. The van der Waals surface area contributed by atoms with Crippen LogP contribution in [0.1, 0.15) is 40.4 Å². The average molecular weight is 520 g/mol. The van der Waals surface area contributed by atoms with Gasteiger partial charge in [0.25, 0.3) is 18.2 Å². The number of hydrogen-bond donors (Lipinski definition) is 2. The van der Waals surface area contributed by atoms with E-state index in [9.17, 15) is 22.8 Å². The van der Waals surface area contributed by atoms with E-state index in [4.69, 9.17) is 9.47 Å². The highest BCUT2D eigenvalue weighted by Gasteiger charge is 2.33. The third-order valence-electron chi connectivity index (χ3n) is 5.69. The number of anilines is 1. The number of carbonyl (C=O) groups excluding carboxylic acids is 2. The fourth-order valence-electron chi connectivity index (χ4n) is 3.84. The number of aromatic nitrogens is 1. The van der Waals surface area contributed by atoms with Crippen molar-refractivity contribution >= 4 is 28.3 Å². The Bertz CT molecular complexity index is 1260. The molecular weight excluding hydrogens is 495 g/mol. The molecule has 2 aromatic carbocycles. The van der Waals surface area contributed by atoms with Crippen molar-refractivity contribution in [3.63, 3.8) is 0 Å². The van der Waals surface area contributed by atoms with Crippen molar-refractivity contribution < 1.29 is 32.2 Å². The van der Waals surface area contributed by atoms with Gasteiger partial charge in [-0.1, -0.05) is 24.3 Å². The lowest BCUT2D eigenvalue weighted by Crippen LogP contribution is -2.46. The minimum atomic E-state index is -2.61. The number of hydrogen-bond acceptors (Lipinski definition) is 6. The summed E-state index contributed by atoms with van der Waals surface area (Å²) in [6.07, 6.45) is -2.61. The highest BCUT2D eigenvalue weighted by atomic mass is 32.1. The number of fused-ring (bicyclic) bond motifs is 1. The molecule has 0 saturated heterocycles. The fraction of sp³-hybridized carbons (Fsp3) is 0.320. The first-order valence-electron chi connectivity index (χ1n) is 11.0. The van der Waals surface area contributed by atoms with E-state index in [1.165, 1.54) is 38.3 Å². The van der Waals surface area contributed by atoms with Crippen molar-refractivity contribution in [2.75, 3.05) is 25.6 Å². The molecule has 3 aromatic rings. The fourth-order valence-corrected chi connectivity index (χ4v) is 4.56. The Labute approximate surface area is 209 Å². The number of rotatable bonds is 8. The molecule has 0 fully saturated rings. The lowest BCUT2D eigenvalue weighted by molar-refractivity contribution is -0.119. The number of thiazole rings is 1. The molecule has 1 aliphatic rings. The lowest BCUT2D eigenvalue weighted by atomic mass is 9.90. The summed E-state index contributed by atoms with van der Waals surface area (Å²) in [5.74, 6) is -1.14. The molecule has 0 radical (unpaired) electrons. The van der Waals surface area contributed by atoms with E-state index < -0.39 is 30.0 Å².